The molecule has 0 spiro atoms. The van der Waals surface area contributed by atoms with Gasteiger partial charge in [-0.15, -0.1) is 0 Å². The molecule has 0 aliphatic rings. The van der Waals surface area contributed by atoms with E-state index in [9.17, 15) is 29.2 Å². The summed E-state index contributed by atoms with van der Waals surface area (Å²) in [6.45, 7) is 4.91. The van der Waals surface area contributed by atoms with E-state index in [1.54, 1.807) is 20.8 Å². The van der Waals surface area contributed by atoms with Crippen LogP contribution < -0.4 is 11.1 Å². The van der Waals surface area contributed by atoms with Gasteiger partial charge in [0.25, 0.3) is 0 Å². The first-order valence-electron chi connectivity index (χ1n) is 7.86. The van der Waals surface area contributed by atoms with E-state index in [4.69, 9.17) is 10.5 Å². The third-order valence-electron chi connectivity index (χ3n) is 3.34. The van der Waals surface area contributed by atoms with E-state index in [-0.39, 0.29) is 30.5 Å². The number of carboxylic acids is 1. The van der Waals surface area contributed by atoms with Crippen molar-refractivity contribution in [2.45, 2.75) is 51.7 Å². The number of amides is 1. The number of rotatable bonds is 7. The Kier molecular flexibility index (Phi) is 6.87. The zero-order valence-corrected chi connectivity index (χ0v) is 14.7. The van der Waals surface area contributed by atoms with Crippen LogP contribution in [0.4, 0.5) is 20.6 Å². The highest BCUT2D eigenvalue weighted by Gasteiger charge is 2.25. The molecule has 0 fully saturated rings. The summed E-state index contributed by atoms with van der Waals surface area (Å²) in [5.74, 6) is -2.30. The van der Waals surface area contributed by atoms with Gasteiger partial charge < -0.3 is 20.9 Å². The SMILES string of the molecule is CC(C)(C)OC(=O)NC(CCCc1ccc(N)c([N+](=O)[O-])c1F)C(=O)O. The molecule has 1 aromatic carbocycles. The molecule has 1 rings (SSSR count). The van der Waals surface area contributed by atoms with Crippen LogP contribution in [0.3, 0.4) is 0 Å². The van der Waals surface area contributed by atoms with Crippen molar-refractivity contribution in [3.63, 3.8) is 0 Å². The van der Waals surface area contributed by atoms with Crippen LogP contribution in [0.15, 0.2) is 12.1 Å². The lowest BCUT2D eigenvalue weighted by molar-refractivity contribution is -0.386. The average Bonchev–Trinajstić information content (AvgIpc) is 2.46. The summed E-state index contributed by atoms with van der Waals surface area (Å²) < 4.78 is 19.1. The summed E-state index contributed by atoms with van der Waals surface area (Å²) >= 11 is 0. The third kappa shape index (κ3) is 6.19. The van der Waals surface area contributed by atoms with E-state index >= 15 is 0 Å². The summed E-state index contributed by atoms with van der Waals surface area (Å²) in [6.07, 6.45) is -0.664. The quantitative estimate of drug-likeness (QED) is 0.379. The first-order valence-corrected chi connectivity index (χ1v) is 7.86. The molecule has 10 heteroatoms. The minimum absolute atomic E-state index is 0.00775. The third-order valence-corrected chi connectivity index (χ3v) is 3.34. The molecule has 1 aromatic rings. The molecule has 0 radical (unpaired) electrons. The first-order chi connectivity index (χ1) is 11.9. The lowest BCUT2D eigenvalue weighted by Gasteiger charge is -2.22. The lowest BCUT2D eigenvalue weighted by atomic mass is 10.0. The number of aliphatic carboxylic acids is 1. The number of nitrogens with one attached hydrogen (secondary N) is 1. The molecule has 0 bridgehead atoms. The number of carboxylic acid groups (broad SMARTS) is 1. The molecule has 0 heterocycles. The van der Waals surface area contributed by atoms with E-state index in [1.807, 2.05) is 0 Å². The Labute approximate surface area is 149 Å². The fourth-order valence-corrected chi connectivity index (χ4v) is 2.20. The fraction of sp³-hybridized carbons (Fsp3) is 0.500. The number of nitro groups is 1. The van der Waals surface area contributed by atoms with E-state index < -0.39 is 40.1 Å². The number of nitrogen functional groups attached to an aromatic ring is 1. The summed E-state index contributed by atoms with van der Waals surface area (Å²) in [4.78, 5) is 32.9. The van der Waals surface area contributed by atoms with E-state index in [1.165, 1.54) is 12.1 Å². The van der Waals surface area contributed by atoms with E-state index in [2.05, 4.69) is 5.32 Å². The van der Waals surface area contributed by atoms with Crippen molar-refractivity contribution in [3.05, 3.63) is 33.6 Å². The van der Waals surface area contributed by atoms with Gasteiger partial charge in [-0.2, -0.15) is 4.39 Å². The Bertz CT molecular complexity index is 702. The Morgan fingerprint density at radius 2 is 2.04 bits per heavy atom. The second kappa shape index (κ2) is 8.45. The van der Waals surface area contributed by atoms with Gasteiger partial charge in [0.15, 0.2) is 0 Å². The van der Waals surface area contributed by atoms with Crippen molar-refractivity contribution in [1.29, 1.82) is 0 Å². The summed E-state index contributed by atoms with van der Waals surface area (Å²) in [5.41, 5.74) is 3.57. The monoisotopic (exact) mass is 371 g/mol. The van der Waals surface area contributed by atoms with Crippen LogP contribution in [-0.2, 0) is 16.0 Å². The normalized spacial score (nSPS) is 12.3. The number of benzene rings is 1. The second-order valence-electron chi connectivity index (χ2n) is 6.66. The smallest absolute Gasteiger partial charge is 0.408 e. The van der Waals surface area contributed by atoms with Crippen molar-refractivity contribution in [2.24, 2.45) is 0 Å². The molecule has 9 nitrogen and oxygen atoms in total. The molecular formula is C16H22FN3O6. The van der Waals surface area contributed by atoms with Gasteiger partial charge in [0.05, 0.1) is 4.92 Å². The predicted octanol–water partition coefficient (Wildman–Crippen LogP) is 2.62. The van der Waals surface area contributed by atoms with Crippen LogP contribution >= 0.6 is 0 Å². The molecule has 0 aliphatic carbocycles. The number of nitrogens with zero attached hydrogens (tertiary/aromatic N) is 1. The van der Waals surface area contributed by atoms with Crippen LogP contribution in [0, 0.1) is 15.9 Å². The maximum Gasteiger partial charge on any atom is 0.408 e. The summed E-state index contributed by atoms with van der Waals surface area (Å²) in [5, 5.41) is 22.3. The maximum absolute atomic E-state index is 14.1. The van der Waals surface area contributed by atoms with Crippen LogP contribution in [0.25, 0.3) is 0 Å². The molecule has 0 aliphatic heterocycles. The van der Waals surface area contributed by atoms with Gasteiger partial charge >= 0.3 is 17.7 Å². The number of alkyl carbamates (subject to hydrolysis) is 1. The molecule has 1 atom stereocenters. The van der Waals surface area contributed by atoms with Gasteiger partial charge in [-0.25, -0.2) is 9.59 Å². The van der Waals surface area contributed by atoms with Crippen LogP contribution in [0.1, 0.15) is 39.2 Å². The average molecular weight is 371 g/mol. The van der Waals surface area contributed by atoms with Crippen molar-refractivity contribution >= 4 is 23.4 Å². The minimum Gasteiger partial charge on any atom is -0.480 e. The number of halogens is 1. The zero-order chi connectivity index (χ0) is 20.1. The highest BCUT2D eigenvalue weighted by molar-refractivity contribution is 5.79. The van der Waals surface area contributed by atoms with Gasteiger partial charge in [0.2, 0.25) is 5.82 Å². The molecule has 0 saturated heterocycles. The van der Waals surface area contributed by atoms with E-state index in [0.717, 1.165) is 0 Å². The number of anilines is 1. The largest absolute Gasteiger partial charge is 0.480 e. The highest BCUT2D eigenvalue weighted by Crippen LogP contribution is 2.28. The fourth-order valence-electron chi connectivity index (χ4n) is 2.20. The number of hydrogen-bond donors (Lipinski definition) is 3. The Morgan fingerprint density at radius 1 is 1.42 bits per heavy atom. The summed E-state index contributed by atoms with van der Waals surface area (Å²) in [6, 6.07) is 1.32. The van der Waals surface area contributed by atoms with Gasteiger partial charge in [-0.05, 0) is 51.7 Å². The van der Waals surface area contributed by atoms with Crippen LogP contribution in [-0.4, -0.2) is 33.7 Å². The molecule has 4 N–H and O–H groups in total. The molecule has 0 saturated carbocycles. The Morgan fingerprint density at radius 3 is 2.54 bits per heavy atom. The summed E-state index contributed by atoms with van der Waals surface area (Å²) in [7, 11) is 0. The number of nitro benzene ring substituents is 1. The topological polar surface area (TPSA) is 145 Å². The number of aryl methyl sites for hydroxylation is 1. The van der Waals surface area contributed by atoms with Crippen molar-refractivity contribution in [3.8, 4) is 0 Å². The van der Waals surface area contributed by atoms with Crippen LogP contribution in [0.2, 0.25) is 0 Å². The van der Waals surface area contributed by atoms with Gasteiger partial charge in [0, 0.05) is 0 Å². The highest BCUT2D eigenvalue weighted by atomic mass is 19.1. The number of ether oxygens (including phenoxy) is 1. The number of nitrogens with two attached hydrogens (primary N) is 1. The van der Waals surface area contributed by atoms with E-state index in [0.29, 0.717) is 0 Å². The predicted molar refractivity (Wildman–Crippen MR) is 91.2 cm³/mol. The number of carbonyl (C=O) groups excluding carboxylic acids is 1. The van der Waals surface area contributed by atoms with Crippen molar-refractivity contribution < 1.29 is 28.7 Å². The first kappa shape index (κ1) is 21.1. The minimum atomic E-state index is -1.26. The lowest BCUT2D eigenvalue weighted by Crippen LogP contribution is -2.43. The molecule has 0 aromatic heterocycles. The zero-order valence-electron chi connectivity index (χ0n) is 14.7. The molecule has 26 heavy (non-hydrogen) atoms. The van der Waals surface area contributed by atoms with Crippen molar-refractivity contribution in [1.82, 2.24) is 5.32 Å². The molecule has 144 valence electrons. The Balaban J connectivity index is 2.72. The van der Waals surface area contributed by atoms with Gasteiger partial charge in [-0.1, -0.05) is 6.07 Å². The standard InChI is InChI=1S/C16H22FN3O6/c1-16(2,3)26-15(23)19-11(14(21)22)6-4-5-9-7-8-10(18)13(12(9)17)20(24)25/h7-8,11H,4-6,18H2,1-3H3,(H,19,23)(H,21,22). The molecule has 1 amide bonds. The number of hydrogen-bond acceptors (Lipinski definition) is 6. The van der Waals surface area contributed by atoms with Crippen LogP contribution in [0.5, 0.6) is 0 Å². The second-order valence-corrected chi connectivity index (χ2v) is 6.66. The number of carbonyl (C=O) groups is 2. The molecular weight excluding hydrogens is 349 g/mol. The van der Waals surface area contributed by atoms with Gasteiger partial charge in [-0.3, -0.25) is 10.1 Å². The maximum atomic E-state index is 14.1. The molecule has 1 unspecified atom stereocenters. The van der Waals surface area contributed by atoms with Gasteiger partial charge in [0.1, 0.15) is 17.3 Å². The Hall–Kier alpha value is -2.91. The van der Waals surface area contributed by atoms with Crippen molar-refractivity contribution in [2.75, 3.05) is 5.73 Å².